The number of halogens is 3. The van der Waals surface area contributed by atoms with Gasteiger partial charge in [0.05, 0.1) is 24.3 Å². The molecule has 8 heteroatoms. The fourth-order valence-electron chi connectivity index (χ4n) is 3.98. The van der Waals surface area contributed by atoms with Crippen molar-refractivity contribution in [1.29, 1.82) is 0 Å². The maximum absolute atomic E-state index is 13.5. The van der Waals surface area contributed by atoms with E-state index in [1.807, 2.05) is 19.1 Å². The predicted octanol–water partition coefficient (Wildman–Crippen LogP) is 4.99. The molecule has 2 atom stereocenters. The molecule has 1 aliphatic heterocycles. The Hall–Kier alpha value is -1.90. The van der Waals surface area contributed by atoms with Crippen LogP contribution in [-0.2, 0) is 27.1 Å². The van der Waals surface area contributed by atoms with E-state index in [0.29, 0.717) is 16.7 Å². The van der Waals surface area contributed by atoms with E-state index in [9.17, 15) is 21.6 Å². The summed E-state index contributed by atoms with van der Waals surface area (Å²) < 4.78 is 73.5. The Labute approximate surface area is 175 Å². The smallest absolute Gasteiger partial charge is 0.380 e. The van der Waals surface area contributed by atoms with Crippen molar-refractivity contribution in [3.8, 4) is 0 Å². The standard InChI is InChI=1S/C22H26F3NO3S/c1-16-7-9-17(10-8-16)15-30(27,28)26-12-11-19(22(23,24)25)13-21(26)20-6-4-3-5-18(20)14-29-2/h3-10,19,21H,11-15H2,1-2H3. The maximum atomic E-state index is 13.5. The highest BCUT2D eigenvalue weighted by molar-refractivity contribution is 7.88. The summed E-state index contributed by atoms with van der Waals surface area (Å²) in [5.41, 5.74) is 2.89. The van der Waals surface area contributed by atoms with Gasteiger partial charge >= 0.3 is 6.18 Å². The molecule has 2 unspecified atom stereocenters. The number of ether oxygens (including phenoxy) is 1. The van der Waals surface area contributed by atoms with E-state index in [4.69, 9.17) is 4.74 Å². The van der Waals surface area contributed by atoms with E-state index in [-0.39, 0.29) is 31.7 Å². The molecule has 0 saturated carbocycles. The number of aryl methyl sites for hydroxylation is 1. The van der Waals surface area contributed by atoms with Gasteiger partial charge in [-0.2, -0.15) is 17.5 Å². The van der Waals surface area contributed by atoms with Gasteiger partial charge in [-0.15, -0.1) is 0 Å². The molecule has 0 aromatic heterocycles. The van der Waals surface area contributed by atoms with Gasteiger partial charge in [-0.05, 0) is 36.5 Å². The Kier molecular flexibility index (Phi) is 6.89. The van der Waals surface area contributed by atoms with Gasteiger partial charge in [0.25, 0.3) is 0 Å². The second kappa shape index (κ2) is 9.08. The molecule has 2 aromatic rings. The third kappa shape index (κ3) is 5.22. The van der Waals surface area contributed by atoms with E-state index < -0.39 is 28.2 Å². The molecule has 4 nitrogen and oxygen atoms in total. The van der Waals surface area contributed by atoms with Crippen molar-refractivity contribution in [2.45, 2.75) is 44.3 Å². The first-order chi connectivity index (χ1) is 14.1. The second-order valence-electron chi connectivity index (χ2n) is 7.76. The van der Waals surface area contributed by atoms with Gasteiger partial charge in [0.15, 0.2) is 0 Å². The summed E-state index contributed by atoms with van der Waals surface area (Å²) in [7, 11) is -2.32. The fourth-order valence-corrected chi connectivity index (χ4v) is 5.73. The van der Waals surface area contributed by atoms with Crippen LogP contribution in [0.25, 0.3) is 0 Å². The van der Waals surface area contributed by atoms with Gasteiger partial charge < -0.3 is 4.74 Å². The van der Waals surface area contributed by atoms with Gasteiger partial charge in [-0.1, -0.05) is 54.1 Å². The van der Waals surface area contributed by atoms with Crippen molar-refractivity contribution < 1.29 is 26.3 Å². The van der Waals surface area contributed by atoms with E-state index >= 15 is 0 Å². The highest BCUT2D eigenvalue weighted by atomic mass is 32.2. The van der Waals surface area contributed by atoms with Crippen LogP contribution in [0.3, 0.4) is 0 Å². The molecular formula is C22H26F3NO3S. The molecule has 0 bridgehead atoms. The number of hydrogen-bond acceptors (Lipinski definition) is 3. The number of sulfonamides is 1. The lowest BCUT2D eigenvalue weighted by atomic mass is 9.86. The van der Waals surface area contributed by atoms with E-state index in [0.717, 1.165) is 5.56 Å². The largest absolute Gasteiger partial charge is 0.391 e. The summed E-state index contributed by atoms with van der Waals surface area (Å²) in [5.74, 6) is -1.78. The number of methoxy groups -OCH3 is 1. The average Bonchev–Trinajstić information content (AvgIpc) is 2.69. The third-order valence-electron chi connectivity index (χ3n) is 5.56. The average molecular weight is 442 g/mol. The van der Waals surface area contributed by atoms with Crippen LogP contribution in [-0.4, -0.2) is 32.6 Å². The lowest BCUT2D eigenvalue weighted by Gasteiger charge is -2.40. The molecule has 30 heavy (non-hydrogen) atoms. The Morgan fingerprint density at radius 1 is 1.10 bits per heavy atom. The molecule has 1 heterocycles. The van der Waals surface area contributed by atoms with Crippen LogP contribution < -0.4 is 0 Å². The zero-order valence-electron chi connectivity index (χ0n) is 17.0. The molecule has 1 fully saturated rings. The van der Waals surface area contributed by atoms with Crippen LogP contribution >= 0.6 is 0 Å². The summed E-state index contributed by atoms with van der Waals surface area (Å²) >= 11 is 0. The third-order valence-corrected chi connectivity index (χ3v) is 7.41. The van der Waals surface area contributed by atoms with Crippen LogP contribution in [0.15, 0.2) is 48.5 Å². The molecule has 0 radical (unpaired) electrons. The van der Waals surface area contributed by atoms with E-state index in [1.165, 1.54) is 11.4 Å². The molecule has 1 aliphatic rings. The second-order valence-corrected chi connectivity index (χ2v) is 9.68. The zero-order valence-corrected chi connectivity index (χ0v) is 17.8. The SMILES string of the molecule is COCc1ccccc1C1CC(C(F)(F)F)CCN1S(=O)(=O)Cc1ccc(C)cc1. The highest BCUT2D eigenvalue weighted by Gasteiger charge is 2.47. The van der Waals surface area contributed by atoms with Crippen molar-refractivity contribution >= 4 is 10.0 Å². The van der Waals surface area contributed by atoms with Crippen molar-refractivity contribution in [2.24, 2.45) is 5.92 Å². The van der Waals surface area contributed by atoms with Gasteiger partial charge in [-0.25, -0.2) is 8.42 Å². The van der Waals surface area contributed by atoms with Crippen LogP contribution in [0.2, 0.25) is 0 Å². The molecule has 0 N–H and O–H groups in total. The molecule has 3 rings (SSSR count). The normalized spacial score (nSPS) is 21.0. The Bertz CT molecular complexity index is 958. The first kappa shape index (κ1) is 22.8. The minimum atomic E-state index is -4.36. The van der Waals surface area contributed by atoms with Gasteiger partial charge in [0.1, 0.15) is 0 Å². The number of hydrogen-bond donors (Lipinski definition) is 0. The van der Waals surface area contributed by atoms with Crippen LogP contribution in [0.5, 0.6) is 0 Å². The summed E-state index contributed by atoms with van der Waals surface area (Å²) in [6, 6.07) is 13.2. The van der Waals surface area contributed by atoms with Gasteiger partial charge in [-0.3, -0.25) is 0 Å². The fraction of sp³-hybridized carbons (Fsp3) is 0.455. The summed E-state index contributed by atoms with van der Waals surface area (Å²) in [6.45, 7) is 1.95. The monoisotopic (exact) mass is 441 g/mol. The Balaban J connectivity index is 1.97. The van der Waals surface area contributed by atoms with Gasteiger partial charge in [0.2, 0.25) is 10.0 Å². The van der Waals surface area contributed by atoms with Crippen LogP contribution in [0.1, 0.15) is 41.1 Å². The quantitative estimate of drug-likeness (QED) is 0.635. The van der Waals surface area contributed by atoms with Crippen molar-refractivity contribution in [1.82, 2.24) is 4.31 Å². The van der Waals surface area contributed by atoms with Crippen molar-refractivity contribution in [3.05, 3.63) is 70.8 Å². The number of rotatable bonds is 6. The predicted molar refractivity (Wildman–Crippen MR) is 109 cm³/mol. The first-order valence-electron chi connectivity index (χ1n) is 9.80. The number of alkyl halides is 3. The van der Waals surface area contributed by atoms with E-state index in [1.54, 1.807) is 36.4 Å². The molecule has 0 aliphatic carbocycles. The zero-order chi connectivity index (χ0) is 21.9. The van der Waals surface area contributed by atoms with Gasteiger partial charge in [0, 0.05) is 13.7 Å². The molecule has 1 saturated heterocycles. The summed E-state index contributed by atoms with van der Waals surface area (Å²) in [4.78, 5) is 0. The number of benzene rings is 2. The van der Waals surface area contributed by atoms with Crippen molar-refractivity contribution in [2.75, 3.05) is 13.7 Å². The molecule has 2 aromatic carbocycles. The highest BCUT2D eigenvalue weighted by Crippen LogP contribution is 2.44. The molecule has 0 amide bonds. The van der Waals surface area contributed by atoms with E-state index in [2.05, 4.69) is 0 Å². The number of nitrogens with zero attached hydrogens (tertiary/aromatic N) is 1. The maximum Gasteiger partial charge on any atom is 0.391 e. The minimum absolute atomic E-state index is 0.162. The Morgan fingerprint density at radius 3 is 2.40 bits per heavy atom. The molecule has 164 valence electrons. The lowest BCUT2D eigenvalue weighted by molar-refractivity contribution is -0.187. The summed E-state index contributed by atoms with van der Waals surface area (Å²) in [6.07, 6.45) is -4.89. The topological polar surface area (TPSA) is 46.6 Å². The molecular weight excluding hydrogens is 415 g/mol. The lowest BCUT2D eigenvalue weighted by Crippen LogP contribution is -2.44. The van der Waals surface area contributed by atoms with Crippen molar-refractivity contribution in [3.63, 3.8) is 0 Å². The number of piperidine rings is 1. The van der Waals surface area contributed by atoms with Crippen LogP contribution in [0.4, 0.5) is 13.2 Å². The summed E-state index contributed by atoms with van der Waals surface area (Å²) in [5, 5.41) is 0. The molecule has 0 spiro atoms. The van der Waals surface area contributed by atoms with Crippen LogP contribution in [0, 0.1) is 12.8 Å². The first-order valence-corrected chi connectivity index (χ1v) is 11.4. The minimum Gasteiger partial charge on any atom is -0.380 e. The Morgan fingerprint density at radius 2 is 1.77 bits per heavy atom.